The standard InChI is InChI=1S/C10H19ClNO/c1-5-12(6-2,7-3)8-9(4)10(11)13/h8H,5-7H2,1-4H3/q+1. The second kappa shape index (κ2) is 5.40. The second-order valence-corrected chi connectivity index (χ2v) is 3.60. The number of allylic oxidation sites excluding steroid dienone is 1. The smallest absolute Gasteiger partial charge is 0.253 e. The van der Waals surface area contributed by atoms with Crippen LogP contribution in [0.4, 0.5) is 0 Å². The molecule has 0 saturated carbocycles. The van der Waals surface area contributed by atoms with Crippen LogP contribution in [0.15, 0.2) is 11.8 Å². The fourth-order valence-corrected chi connectivity index (χ4v) is 1.46. The lowest BCUT2D eigenvalue weighted by Crippen LogP contribution is -2.42. The molecule has 76 valence electrons. The van der Waals surface area contributed by atoms with E-state index in [0.29, 0.717) is 5.57 Å². The molecule has 0 rings (SSSR count). The third-order valence-corrected chi connectivity index (χ3v) is 2.96. The lowest BCUT2D eigenvalue weighted by atomic mass is 10.3. The van der Waals surface area contributed by atoms with Crippen molar-refractivity contribution in [3.05, 3.63) is 11.8 Å². The maximum atomic E-state index is 10.9. The highest BCUT2D eigenvalue weighted by Crippen LogP contribution is 2.11. The Morgan fingerprint density at radius 3 is 1.85 bits per heavy atom. The van der Waals surface area contributed by atoms with Gasteiger partial charge in [-0.05, 0) is 39.3 Å². The summed E-state index contributed by atoms with van der Waals surface area (Å²) in [6.07, 6.45) is 1.97. The number of nitrogens with zero attached hydrogens (tertiary/aromatic N) is 1. The number of halogens is 1. The number of rotatable bonds is 5. The minimum atomic E-state index is -0.349. The zero-order valence-electron chi connectivity index (χ0n) is 8.93. The summed E-state index contributed by atoms with van der Waals surface area (Å²) in [6.45, 7) is 11.1. The van der Waals surface area contributed by atoms with Gasteiger partial charge in [0, 0.05) is 0 Å². The topological polar surface area (TPSA) is 17.1 Å². The summed E-state index contributed by atoms with van der Waals surface area (Å²) in [5, 5.41) is -0.349. The lowest BCUT2D eigenvalue weighted by molar-refractivity contribution is -0.874. The van der Waals surface area contributed by atoms with Gasteiger partial charge in [0.2, 0.25) is 0 Å². The van der Waals surface area contributed by atoms with Crippen molar-refractivity contribution in [3.8, 4) is 0 Å². The van der Waals surface area contributed by atoms with Crippen LogP contribution in [0.2, 0.25) is 0 Å². The summed E-state index contributed by atoms with van der Waals surface area (Å²) in [6, 6.07) is 0. The summed E-state index contributed by atoms with van der Waals surface area (Å²) in [4.78, 5) is 10.9. The summed E-state index contributed by atoms with van der Waals surface area (Å²) in [5.74, 6) is 0. The van der Waals surface area contributed by atoms with Gasteiger partial charge in [-0.3, -0.25) is 9.28 Å². The first-order chi connectivity index (χ1) is 6.01. The van der Waals surface area contributed by atoms with Crippen molar-refractivity contribution >= 4 is 16.8 Å². The monoisotopic (exact) mass is 204 g/mol. The van der Waals surface area contributed by atoms with Crippen molar-refractivity contribution in [3.63, 3.8) is 0 Å². The number of hydrogen-bond acceptors (Lipinski definition) is 1. The van der Waals surface area contributed by atoms with E-state index in [1.54, 1.807) is 6.92 Å². The van der Waals surface area contributed by atoms with Crippen molar-refractivity contribution in [1.29, 1.82) is 0 Å². The molecule has 0 aliphatic carbocycles. The van der Waals surface area contributed by atoms with E-state index >= 15 is 0 Å². The van der Waals surface area contributed by atoms with Crippen molar-refractivity contribution in [1.82, 2.24) is 0 Å². The SMILES string of the molecule is CC[N+](C=C(C)C(=O)Cl)(CC)CC. The molecule has 0 radical (unpaired) electrons. The van der Waals surface area contributed by atoms with E-state index in [1.807, 2.05) is 6.20 Å². The molecule has 0 atom stereocenters. The van der Waals surface area contributed by atoms with E-state index in [1.165, 1.54) is 0 Å². The van der Waals surface area contributed by atoms with Crippen LogP contribution in [-0.4, -0.2) is 29.4 Å². The molecule has 0 fully saturated rings. The van der Waals surface area contributed by atoms with Crippen LogP contribution in [0, 0.1) is 0 Å². The zero-order valence-corrected chi connectivity index (χ0v) is 9.69. The number of hydrogen-bond donors (Lipinski definition) is 0. The highest BCUT2D eigenvalue weighted by Gasteiger charge is 2.19. The van der Waals surface area contributed by atoms with Crippen LogP contribution >= 0.6 is 11.6 Å². The number of carbonyl (C=O) groups excluding carboxylic acids is 1. The Labute approximate surface area is 85.8 Å². The highest BCUT2D eigenvalue weighted by atomic mass is 35.5. The average Bonchev–Trinajstić information content (AvgIpc) is 2.14. The lowest BCUT2D eigenvalue weighted by Gasteiger charge is -2.31. The first-order valence-corrected chi connectivity index (χ1v) is 5.14. The zero-order chi connectivity index (χ0) is 10.5. The fourth-order valence-electron chi connectivity index (χ4n) is 1.41. The molecule has 0 aromatic rings. The molecule has 0 N–H and O–H groups in total. The summed E-state index contributed by atoms with van der Waals surface area (Å²) in [7, 11) is 0. The number of carbonyl (C=O) groups is 1. The maximum Gasteiger partial charge on any atom is 0.253 e. The highest BCUT2D eigenvalue weighted by molar-refractivity contribution is 6.67. The van der Waals surface area contributed by atoms with Gasteiger partial charge in [-0.25, -0.2) is 0 Å². The van der Waals surface area contributed by atoms with Gasteiger partial charge in [-0.15, -0.1) is 0 Å². The van der Waals surface area contributed by atoms with Gasteiger partial charge < -0.3 is 0 Å². The fraction of sp³-hybridized carbons (Fsp3) is 0.700. The van der Waals surface area contributed by atoms with Crippen molar-refractivity contribution in [2.45, 2.75) is 27.7 Å². The average molecular weight is 205 g/mol. The largest absolute Gasteiger partial charge is 0.298 e. The van der Waals surface area contributed by atoms with Gasteiger partial charge in [0.05, 0.1) is 25.2 Å². The number of quaternary nitrogens is 1. The molecule has 13 heavy (non-hydrogen) atoms. The van der Waals surface area contributed by atoms with Crippen LogP contribution < -0.4 is 0 Å². The Morgan fingerprint density at radius 1 is 1.23 bits per heavy atom. The van der Waals surface area contributed by atoms with Crippen LogP contribution in [-0.2, 0) is 4.79 Å². The molecule has 0 aromatic carbocycles. The minimum absolute atomic E-state index is 0.349. The third kappa shape index (κ3) is 3.49. The van der Waals surface area contributed by atoms with Crippen molar-refractivity contribution in [2.24, 2.45) is 0 Å². The normalized spacial score (nSPS) is 13.2. The Bertz CT molecular complexity index is 199. The van der Waals surface area contributed by atoms with Crippen molar-refractivity contribution < 1.29 is 9.28 Å². The molecule has 0 saturated heterocycles. The molecule has 0 unspecified atom stereocenters. The van der Waals surface area contributed by atoms with E-state index in [0.717, 1.165) is 24.1 Å². The minimum Gasteiger partial charge on any atom is -0.298 e. The maximum absolute atomic E-state index is 10.9. The van der Waals surface area contributed by atoms with E-state index in [4.69, 9.17) is 11.6 Å². The summed E-state index contributed by atoms with van der Waals surface area (Å²) < 4.78 is 0.824. The molecule has 0 spiro atoms. The molecule has 0 heterocycles. The predicted molar refractivity (Wildman–Crippen MR) is 56.5 cm³/mol. The predicted octanol–water partition coefficient (Wildman–Crippen LogP) is 2.53. The Kier molecular flexibility index (Phi) is 5.26. The summed E-state index contributed by atoms with van der Waals surface area (Å²) >= 11 is 5.39. The molecule has 0 bridgehead atoms. The Morgan fingerprint density at radius 2 is 1.62 bits per heavy atom. The quantitative estimate of drug-likeness (QED) is 0.382. The van der Waals surface area contributed by atoms with Gasteiger partial charge in [0.25, 0.3) is 5.24 Å². The van der Waals surface area contributed by atoms with E-state index in [9.17, 15) is 4.79 Å². The van der Waals surface area contributed by atoms with E-state index < -0.39 is 0 Å². The molecular weight excluding hydrogens is 186 g/mol. The van der Waals surface area contributed by atoms with Crippen LogP contribution in [0.25, 0.3) is 0 Å². The van der Waals surface area contributed by atoms with Gasteiger partial charge in [0.15, 0.2) is 0 Å². The first-order valence-electron chi connectivity index (χ1n) is 4.76. The molecule has 0 aliphatic heterocycles. The first kappa shape index (κ1) is 12.7. The van der Waals surface area contributed by atoms with Gasteiger partial charge in [-0.2, -0.15) is 0 Å². The van der Waals surface area contributed by atoms with Crippen LogP contribution in [0.1, 0.15) is 27.7 Å². The Balaban J connectivity index is 4.76. The van der Waals surface area contributed by atoms with Gasteiger partial charge in [0.1, 0.15) is 6.20 Å². The Hall–Kier alpha value is -0.340. The summed E-state index contributed by atoms with van der Waals surface area (Å²) in [5.41, 5.74) is 0.646. The van der Waals surface area contributed by atoms with Gasteiger partial charge in [-0.1, -0.05) is 0 Å². The van der Waals surface area contributed by atoms with E-state index in [2.05, 4.69) is 20.8 Å². The molecule has 0 aromatic heterocycles. The van der Waals surface area contributed by atoms with E-state index in [-0.39, 0.29) is 5.24 Å². The van der Waals surface area contributed by atoms with Gasteiger partial charge >= 0.3 is 0 Å². The van der Waals surface area contributed by atoms with Crippen LogP contribution in [0.5, 0.6) is 0 Å². The third-order valence-electron chi connectivity index (χ3n) is 2.67. The molecule has 0 amide bonds. The van der Waals surface area contributed by atoms with Crippen LogP contribution in [0.3, 0.4) is 0 Å². The molecule has 3 heteroatoms. The second-order valence-electron chi connectivity index (χ2n) is 3.25. The molecule has 2 nitrogen and oxygen atoms in total. The molecule has 0 aliphatic rings. The van der Waals surface area contributed by atoms with Crippen molar-refractivity contribution in [2.75, 3.05) is 19.6 Å². The molecular formula is C10H19ClNO+.